The molecule has 1 aromatic rings. The Kier molecular flexibility index (Phi) is 4.62. The summed E-state index contributed by atoms with van der Waals surface area (Å²) < 4.78 is 32.2. The van der Waals surface area contributed by atoms with Crippen molar-refractivity contribution >= 4 is 16.0 Å². The standard InChI is InChI=1S/C12H19NO6S/c1-5-12(4,6-14)13-20(17,18)10-8(3)19-7(2)9(10)11(15)16/h13-14H,5-6H2,1-4H3,(H,15,16). The summed E-state index contributed by atoms with van der Waals surface area (Å²) in [5.74, 6) is -1.34. The second kappa shape index (κ2) is 5.55. The Bertz CT molecular complexity index is 612. The lowest BCUT2D eigenvalue weighted by Crippen LogP contribution is -2.48. The van der Waals surface area contributed by atoms with Gasteiger partial charge in [0.15, 0.2) is 0 Å². The molecule has 0 aliphatic rings. The number of rotatable bonds is 6. The van der Waals surface area contributed by atoms with E-state index in [1.165, 1.54) is 20.8 Å². The molecule has 0 fully saturated rings. The van der Waals surface area contributed by atoms with Crippen LogP contribution in [-0.2, 0) is 10.0 Å². The van der Waals surface area contributed by atoms with Gasteiger partial charge < -0.3 is 14.6 Å². The molecular weight excluding hydrogens is 286 g/mol. The van der Waals surface area contributed by atoms with Gasteiger partial charge in [-0.25, -0.2) is 17.9 Å². The van der Waals surface area contributed by atoms with E-state index in [1.807, 2.05) is 0 Å². The highest BCUT2D eigenvalue weighted by Gasteiger charge is 2.35. The summed E-state index contributed by atoms with van der Waals surface area (Å²) in [4.78, 5) is 10.8. The number of sulfonamides is 1. The number of aryl methyl sites for hydroxylation is 2. The number of hydrogen-bond acceptors (Lipinski definition) is 5. The van der Waals surface area contributed by atoms with Gasteiger partial charge in [0.1, 0.15) is 22.0 Å². The molecule has 0 saturated carbocycles. The molecule has 1 atom stereocenters. The minimum atomic E-state index is -4.11. The van der Waals surface area contributed by atoms with Crippen molar-refractivity contribution in [1.29, 1.82) is 0 Å². The number of hydrogen-bond donors (Lipinski definition) is 3. The summed E-state index contributed by atoms with van der Waals surface area (Å²) in [5.41, 5.74) is -1.45. The van der Waals surface area contributed by atoms with Crippen LogP contribution in [0, 0.1) is 13.8 Å². The Morgan fingerprint density at radius 2 is 1.90 bits per heavy atom. The van der Waals surface area contributed by atoms with Crippen LogP contribution in [0.4, 0.5) is 0 Å². The van der Waals surface area contributed by atoms with Crippen molar-refractivity contribution in [2.45, 2.75) is 44.6 Å². The van der Waals surface area contributed by atoms with E-state index in [9.17, 15) is 18.3 Å². The van der Waals surface area contributed by atoms with Gasteiger partial charge in [0.25, 0.3) is 0 Å². The number of aliphatic hydroxyl groups excluding tert-OH is 1. The number of furan rings is 1. The average molecular weight is 305 g/mol. The third-order valence-electron chi connectivity index (χ3n) is 3.20. The molecule has 114 valence electrons. The van der Waals surface area contributed by atoms with E-state index in [0.717, 1.165) is 0 Å². The molecule has 1 rings (SSSR count). The summed E-state index contributed by atoms with van der Waals surface area (Å²) in [6.45, 7) is 5.62. The predicted molar refractivity (Wildman–Crippen MR) is 71.2 cm³/mol. The lowest BCUT2D eigenvalue weighted by molar-refractivity contribution is 0.0691. The minimum Gasteiger partial charge on any atom is -0.478 e. The first kappa shape index (κ1) is 16.7. The first-order valence-corrected chi connectivity index (χ1v) is 7.54. The van der Waals surface area contributed by atoms with Gasteiger partial charge in [0, 0.05) is 0 Å². The molecule has 3 N–H and O–H groups in total. The number of carboxylic acid groups (broad SMARTS) is 1. The second-order valence-corrected chi connectivity index (χ2v) is 6.52. The Morgan fingerprint density at radius 3 is 2.30 bits per heavy atom. The number of carboxylic acids is 1. The zero-order valence-electron chi connectivity index (χ0n) is 11.8. The molecule has 1 unspecified atom stereocenters. The van der Waals surface area contributed by atoms with Gasteiger partial charge in [-0.1, -0.05) is 6.92 Å². The van der Waals surface area contributed by atoms with E-state index in [-0.39, 0.29) is 17.1 Å². The topological polar surface area (TPSA) is 117 Å². The fourth-order valence-corrected chi connectivity index (χ4v) is 3.71. The normalized spacial score (nSPS) is 15.1. The predicted octanol–water partition coefficient (Wildman–Crippen LogP) is 1.03. The monoisotopic (exact) mass is 305 g/mol. The molecule has 1 aromatic heterocycles. The fourth-order valence-electron chi connectivity index (χ4n) is 1.83. The third-order valence-corrected chi connectivity index (χ3v) is 4.99. The summed E-state index contributed by atoms with van der Waals surface area (Å²) in [7, 11) is -4.11. The van der Waals surface area contributed by atoms with Crippen LogP contribution in [0.5, 0.6) is 0 Å². The van der Waals surface area contributed by atoms with E-state index in [2.05, 4.69) is 4.72 Å². The lowest BCUT2D eigenvalue weighted by Gasteiger charge is -2.26. The van der Waals surface area contributed by atoms with Crippen LogP contribution in [0.1, 0.15) is 42.1 Å². The molecule has 0 aliphatic heterocycles. The molecule has 0 amide bonds. The molecule has 0 bridgehead atoms. The molecule has 20 heavy (non-hydrogen) atoms. The summed E-state index contributed by atoms with van der Waals surface area (Å²) in [6.07, 6.45) is 0.348. The van der Waals surface area contributed by atoms with Crippen molar-refractivity contribution in [1.82, 2.24) is 4.72 Å². The molecule has 0 radical (unpaired) electrons. The fraction of sp³-hybridized carbons (Fsp3) is 0.583. The van der Waals surface area contributed by atoms with Crippen molar-refractivity contribution in [2.75, 3.05) is 6.61 Å². The van der Waals surface area contributed by atoms with Crippen LogP contribution in [-0.4, -0.2) is 36.7 Å². The first-order valence-electron chi connectivity index (χ1n) is 6.06. The Balaban J connectivity index is 3.41. The van der Waals surface area contributed by atoms with Crippen molar-refractivity contribution in [3.8, 4) is 0 Å². The average Bonchev–Trinajstić information content (AvgIpc) is 2.64. The van der Waals surface area contributed by atoms with E-state index < -0.39 is 33.0 Å². The Labute approximate surface area is 117 Å². The molecule has 7 nitrogen and oxygen atoms in total. The van der Waals surface area contributed by atoms with Gasteiger partial charge in [0.2, 0.25) is 10.0 Å². The molecular formula is C12H19NO6S. The van der Waals surface area contributed by atoms with Gasteiger partial charge >= 0.3 is 5.97 Å². The van der Waals surface area contributed by atoms with E-state index >= 15 is 0 Å². The maximum absolute atomic E-state index is 12.4. The number of carbonyl (C=O) groups is 1. The maximum Gasteiger partial charge on any atom is 0.340 e. The van der Waals surface area contributed by atoms with Crippen LogP contribution in [0.3, 0.4) is 0 Å². The Morgan fingerprint density at radius 1 is 1.35 bits per heavy atom. The number of aliphatic hydroxyl groups is 1. The quantitative estimate of drug-likeness (QED) is 0.722. The molecule has 8 heteroatoms. The van der Waals surface area contributed by atoms with Gasteiger partial charge in [-0.3, -0.25) is 0 Å². The van der Waals surface area contributed by atoms with Crippen LogP contribution in [0.25, 0.3) is 0 Å². The van der Waals surface area contributed by atoms with Crippen LogP contribution in [0.2, 0.25) is 0 Å². The highest BCUT2D eigenvalue weighted by Crippen LogP contribution is 2.27. The zero-order chi connectivity index (χ0) is 15.7. The van der Waals surface area contributed by atoms with Gasteiger partial charge in [-0.2, -0.15) is 0 Å². The number of nitrogens with one attached hydrogen (secondary N) is 1. The zero-order valence-corrected chi connectivity index (χ0v) is 12.7. The molecule has 0 spiro atoms. The lowest BCUT2D eigenvalue weighted by atomic mass is 10.0. The van der Waals surface area contributed by atoms with Crippen LogP contribution < -0.4 is 4.72 Å². The highest BCUT2D eigenvalue weighted by atomic mass is 32.2. The summed E-state index contributed by atoms with van der Waals surface area (Å²) in [5, 5.41) is 18.4. The van der Waals surface area contributed by atoms with E-state index in [1.54, 1.807) is 6.92 Å². The van der Waals surface area contributed by atoms with E-state index in [4.69, 9.17) is 9.52 Å². The first-order chi connectivity index (χ1) is 9.08. The second-order valence-electron chi connectivity index (χ2n) is 4.90. The van der Waals surface area contributed by atoms with Crippen LogP contribution in [0.15, 0.2) is 9.31 Å². The SMILES string of the molecule is CCC(C)(CO)NS(=O)(=O)c1c(C)oc(C)c1C(=O)O. The van der Waals surface area contributed by atoms with Crippen molar-refractivity contribution in [2.24, 2.45) is 0 Å². The highest BCUT2D eigenvalue weighted by molar-refractivity contribution is 7.89. The summed E-state index contributed by atoms with van der Waals surface area (Å²) >= 11 is 0. The molecule has 0 aromatic carbocycles. The third kappa shape index (κ3) is 3.02. The maximum atomic E-state index is 12.4. The molecule has 0 saturated heterocycles. The van der Waals surface area contributed by atoms with Gasteiger partial charge in [-0.15, -0.1) is 0 Å². The van der Waals surface area contributed by atoms with Gasteiger partial charge in [0.05, 0.1) is 12.1 Å². The summed E-state index contributed by atoms with van der Waals surface area (Å²) in [6, 6.07) is 0. The van der Waals surface area contributed by atoms with Crippen molar-refractivity contribution in [3.63, 3.8) is 0 Å². The number of aromatic carboxylic acids is 1. The Hall–Kier alpha value is -1.38. The molecule has 0 aliphatic carbocycles. The van der Waals surface area contributed by atoms with Crippen LogP contribution >= 0.6 is 0 Å². The van der Waals surface area contributed by atoms with Crippen molar-refractivity contribution in [3.05, 3.63) is 17.1 Å². The van der Waals surface area contributed by atoms with Gasteiger partial charge in [-0.05, 0) is 27.2 Å². The molecule has 1 heterocycles. The van der Waals surface area contributed by atoms with E-state index in [0.29, 0.717) is 6.42 Å². The van der Waals surface area contributed by atoms with Crippen molar-refractivity contribution < 1.29 is 27.8 Å². The smallest absolute Gasteiger partial charge is 0.340 e. The largest absolute Gasteiger partial charge is 0.478 e. The minimum absolute atomic E-state index is 0.00351.